The first-order valence-electron chi connectivity index (χ1n) is 7.58. The minimum atomic E-state index is -0.125. The summed E-state index contributed by atoms with van der Waals surface area (Å²) >= 11 is 0. The van der Waals surface area contributed by atoms with Gasteiger partial charge >= 0.3 is 0 Å². The topological polar surface area (TPSA) is 24.5 Å². The van der Waals surface area contributed by atoms with Gasteiger partial charge in [0.05, 0.1) is 7.11 Å². The molecule has 2 aliphatic rings. The number of rotatable bonds is 4. The third kappa shape index (κ3) is 3.33. The number of methoxy groups -OCH3 is 1. The quantitative estimate of drug-likeness (QED) is 0.924. The molecular formula is C16H24ClFN2O. The first kappa shape index (κ1) is 16.5. The molecule has 1 aromatic carbocycles. The van der Waals surface area contributed by atoms with Crippen molar-refractivity contribution >= 4 is 12.4 Å². The second-order valence-corrected chi connectivity index (χ2v) is 5.78. The molecule has 1 aliphatic carbocycles. The van der Waals surface area contributed by atoms with Crippen LogP contribution < -0.4 is 10.1 Å². The highest BCUT2D eigenvalue weighted by atomic mass is 35.5. The van der Waals surface area contributed by atoms with E-state index in [1.54, 1.807) is 19.2 Å². The zero-order valence-electron chi connectivity index (χ0n) is 12.5. The Morgan fingerprint density at radius 1 is 1.29 bits per heavy atom. The Labute approximate surface area is 132 Å². The number of benzene rings is 1. The summed E-state index contributed by atoms with van der Waals surface area (Å²) in [4.78, 5) is 2.43. The second kappa shape index (κ2) is 7.43. The van der Waals surface area contributed by atoms with Crippen LogP contribution in [0.2, 0.25) is 0 Å². The van der Waals surface area contributed by atoms with Gasteiger partial charge in [0.15, 0.2) is 0 Å². The van der Waals surface area contributed by atoms with Crippen LogP contribution in [0.25, 0.3) is 0 Å². The van der Waals surface area contributed by atoms with E-state index < -0.39 is 0 Å². The van der Waals surface area contributed by atoms with Gasteiger partial charge in [0.25, 0.3) is 0 Å². The van der Waals surface area contributed by atoms with Crippen molar-refractivity contribution < 1.29 is 9.13 Å². The van der Waals surface area contributed by atoms with Gasteiger partial charge in [0.2, 0.25) is 0 Å². The Bertz CT molecular complexity index is 462. The minimum Gasteiger partial charge on any atom is -0.496 e. The van der Waals surface area contributed by atoms with Crippen molar-refractivity contribution in [3.05, 3.63) is 29.6 Å². The predicted molar refractivity (Wildman–Crippen MR) is 84.7 cm³/mol. The summed E-state index contributed by atoms with van der Waals surface area (Å²) in [5.74, 6) is 1.14. The van der Waals surface area contributed by atoms with Gasteiger partial charge in [-0.15, -0.1) is 12.4 Å². The van der Waals surface area contributed by atoms with Crippen molar-refractivity contribution in [3.63, 3.8) is 0 Å². The molecule has 1 heterocycles. The zero-order valence-corrected chi connectivity index (χ0v) is 13.3. The monoisotopic (exact) mass is 314 g/mol. The van der Waals surface area contributed by atoms with Gasteiger partial charge in [0.1, 0.15) is 11.6 Å². The molecule has 0 radical (unpaired) electrons. The summed E-state index contributed by atoms with van der Waals surface area (Å²) in [6.07, 6.45) is 3.67. The highest BCUT2D eigenvalue weighted by molar-refractivity contribution is 5.85. The Hall–Kier alpha value is -0.840. The molecule has 21 heavy (non-hydrogen) atoms. The summed E-state index contributed by atoms with van der Waals surface area (Å²) in [5, 5.41) is 3.37. The van der Waals surface area contributed by atoms with Crippen LogP contribution in [0.15, 0.2) is 18.2 Å². The van der Waals surface area contributed by atoms with Gasteiger partial charge in [-0.05, 0) is 30.9 Å². The first-order chi connectivity index (χ1) is 9.81. The average Bonchev–Trinajstić information content (AvgIpc) is 2.44. The fourth-order valence-electron chi connectivity index (χ4n) is 3.41. The van der Waals surface area contributed by atoms with Gasteiger partial charge < -0.3 is 10.1 Å². The molecular weight excluding hydrogens is 291 g/mol. The first-order valence-corrected chi connectivity index (χ1v) is 7.58. The van der Waals surface area contributed by atoms with Crippen LogP contribution in [0.1, 0.15) is 30.9 Å². The minimum absolute atomic E-state index is 0. The summed E-state index contributed by atoms with van der Waals surface area (Å²) in [6.45, 7) is 3.94. The second-order valence-electron chi connectivity index (χ2n) is 5.78. The number of ether oxygens (including phenoxy) is 1. The largest absolute Gasteiger partial charge is 0.496 e. The Morgan fingerprint density at radius 3 is 2.57 bits per heavy atom. The number of nitrogens with zero attached hydrogens (tertiary/aromatic N) is 1. The number of nitrogens with one attached hydrogen (secondary N) is 1. The molecule has 0 bridgehead atoms. The molecule has 1 aliphatic heterocycles. The van der Waals surface area contributed by atoms with Gasteiger partial charge in [-0.25, -0.2) is 4.39 Å². The van der Waals surface area contributed by atoms with E-state index in [-0.39, 0.29) is 24.3 Å². The molecule has 0 spiro atoms. The summed E-state index contributed by atoms with van der Waals surface area (Å²) in [5.41, 5.74) is 0.765. The van der Waals surface area contributed by atoms with Crippen molar-refractivity contribution in [2.45, 2.75) is 25.3 Å². The molecule has 3 nitrogen and oxygen atoms in total. The van der Waals surface area contributed by atoms with E-state index in [2.05, 4.69) is 10.2 Å². The van der Waals surface area contributed by atoms with Crippen LogP contribution in [0.3, 0.4) is 0 Å². The molecule has 118 valence electrons. The maximum absolute atomic E-state index is 14.4. The smallest absolute Gasteiger partial charge is 0.131 e. The third-order valence-electron chi connectivity index (χ3n) is 4.67. The zero-order chi connectivity index (χ0) is 13.9. The highest BCUT2D eigenvalue weighted by Crippen LogP contribution is 2.45. The lowest BCUT2D eigenvalue weighted by molar-refractivity contribution is 0.0792. The lowest BCUT2D eigenvalue weighted by Crippen LogP contribution is -2.48. The molecule has 2 fully saturated rings. The average molecular weight is 315 g/mol. The lowest BCUT2D eigenvalue weighted by Gasteiger charge is -2.43. The molecule has 0 aromatic heterocycles. The van der Waals surface area contributed by atoms with E-state index in [1.807, 2.05) is 6.07 Å². The summed E-state index contributed by atoms with van der Waals surface area (Å²) in [7, 11) is 1.63. The van der Waals surface area contributed by atoms with Crippen molar-refractivity contribution in [3.8, 4) is 5.75 Å². The van der Waals surface area contributed by atoms with Crippen molar-refractivity contribution in [1.82, 2.24) is 10.2 Å². The number of hydrogen-bond donors (Lipinski definition) is 1. The van der Waals surface area contributed by atoms with Crippen LogP contribution in [0.4, 0.5) is 4.39 Å². The molecule has 0 amide bonds. The van der Waals surface area contributed by atoms with Gasteiger partial charge in [0, 0.05) is 37.8 Å². The maximum atomic E-state index is 14.4. The van der Waals surface area contributed by atoms with Crippen LogP contribution >= 0.6 is 12.4 Å². The normalized spacial score (nSPS) is 21.2. The number of halogens is 2. The molecule has 5 heteroatoms. The van der Waals surface area contributed by atoms with Crippen LogP contribution in [0, 0.1) is 11.7 Å². The molecule has 1 atom stereocenters. The van der Waals surface area contributed by atoms with Crippen molar-refractivity contribution in [1.29, 1.82) is 0 Å². The maximum Gasteiger partial charge on any atom is 0.131 e. The van der Waals surface area contributed by atoms with Gasteiger partial charge in [-0.3, -0.25) is 4.90 Å². The molecule has 0 unspecified atom stereocenters. The van der Waals surface area contributed by atoms with E-state index in [0.717, 1.165) is 31.7 Å². The predicted octanol–water partition coefficient (Wildman–Crippen LogP) is 3.00. The van der Waals surface area contributed by atoms with Crippen LogP contribution in [0.5, 0.6) is 5.75 Å². The fourth-order valence-corrected chi connectivity index (χ4v) is 3.41. The molecule has 1 N–H and O–H groups in total. The van der Waals surface area contributed by atoms with E-state index in [4.69, 9.17) is 4.74 Å². The fraction of sp³-hybridized carbons (Fsp3) is 0.625. The number of piperazine rings is 1. The van der Waals surface area contributed by atoms with Gasteiger partial charge in [-0.1, -0.05) is 12.5 Å². The lowest BCUT2D eigenvalue weighted by atomic mass is 9.76. The van der Waals surface area contributed by atoms with Crippen molar-refractivity contribution in [2.75, 3.05) is 33.3 Å². The standard InChI is InChI=1S/C16H23FN2O.ClH/c1-20-14-7-3-6-13(17)15(14)16(12-4-2-5-12)19-10-8-18-9-11-19;/h3,6-7,12,16,18H,2,4-5,8-11H2,1H3;1H/t16-;/m0./s1. The Morgan fingerprint density at radius 2 is 2.00 bits per heavy atom. The third-order valence-corrected chi connectivity index (χ3v) is 4.67. The van der Waals surface area contributed by atoms with E-state index in [1.165, 1.54) is 19.3 Å². The number of hydrogen-bond acceptors (Lipinski definition) is 3. The molecule has 1 saturated heterocycles. The Balaban J connectivity index is 0.00000161. The van der Waals surface area contributed by atoms with Crippen molar-refractivity contribution in [2.24, 2.45) is 5.92 Å². The van der Waals surface area contributed by atoms with E-state index in [9.17, 15) is 4.39 Å². The molecule has 1 aromatic rings. The van der Waals surface area contributed by atoms with E-state index in [0.29, 0.717) is 11.7 Å². The van der Waals surface area contributed by atoms with Gasteiger partial charge in [-0.2, -0.15) is 0 Å². The molecule has 1 saturated carbocycles. The van der Waals surface area contributed by atoms with Crippen LogP contribution in [-0.2, 0) is 0 Å². The van der Waals surface area contributed by atoms with E-state index >= 15 is 0 Å². The summed E-state index contributed by atoms with van der Waals surface area (Å²) < 4.78 is 19.9. The SMILES string of the molecule is COc1cccc(F)c1[C@H](C1CCC1)N1CCNCC1.Cl. The highest BCUT2D eigenvalue weighted by Gasteiger charge is 2.36. The Kier molecular flexibility index (Phi) is 5.85. The summed E-state index contributed by atoms with van der Waals surface area (Å²) in [6, 6.07) is 5.34. The van der Waals surface area contributed by atoms with Crippen LogP contribution in [-0.4, -0.2) is 38.2 Å². The molecule has 3 rings (SSSR count).